The lowest BCUT2D eigenvalue weighted by Gasteiger charge is -2.12. The molecule has 35 heavy (non-hydrogen) atoms. The van der Waals surface area contributed by atoms with Gasteiger partial charge in [0.15, 0.2) is 11.5 Å². The summed E-state index contributed by atoms with van der Waals surface area (Å²) in [5, 5.41) is 9.70. The fourth-order valence-corrected chi connectivity index (χ4v) is 3.97. The first-order chi connectivity index (χ1) is 16.8. The molecule has 0 N–H and O–H groups in total. The van der Waals surface area contributed by atoms with E-state index in [1.54, 1.807) is 18.3 Å². The molecule has 0 bridgehead atoms. The standard InChI is InChI=1S/C28H19F2N5/c1-15-8-24-26(23-5-4-18(14-31)10-25(23)30)34-27(35-28(24)33-17(15)3)21-11-20(12-22(29)13-21)19-6-7-32-16(2)9-19/h4-13H,1-3H3. The van der Waals surface area contributed by atoms with Crippen molar-refractivity contribution in [2.24, 2.45) is 0 Å². The first kappa shape index (κ1) is 22.2. The van der Waals surface area contributed by atoms with Crippen molar-refractivity contribution in [3.05, 3.63) is 94.9 Å². The molecule has 2 aromatic carbocycles. The number of hydrogen-bond acceptors (Lipinski definition) is 5. The number of fused-ring (bicyclic) bond motifs is 1. The van der Waals surface area contributed by atoms with Crippen molar-refractivity contribution in [1.82, 2.24) is 19.9 Å². The summed E-state index contributed by atoms with van der Waals surface area (Å²) in [5.41, 5.74) is 5.51. The summed E-state index contributed by atoms with van der Waals surface area (Å²) in [4.78, 5) is 18.1. The van der Waals surface area contributed by atoms with Crippen molar-refractivity contribution in [3.8, 4) is 39.8 Å². The predicted molar refractivity (Wildman–Crippen MR) is 130 cm³/mol. The topological polar surface area (TPSA) is 75.3 Å². The lowest BCUT2D eigenvalue weighted by atomic mass is 10.0. The van der Waals surface area contributed by atoms with Crippen molar-refractivity contribution < 1.29 is 8.78 Å². The molecule has 5 rings (SSSR count). The van der Waals surface area contributed by atoms with Gasteiger partial charge in [-0.05, 0) is 92.1 Å². The third kappa shape index (κ3) is 4.22. The molecule has 5 nitrogen and oxygen atoms in total. The van der Waals surface area contributed by atoms with Crippen LogP contribution >= 0.6 is 0 Å². The average molecular weight is 463 g/mol. The van der Waals surface area contributed by atoms with E-state index in [4.69, 9.17) is 5.26 Å². The number of hydrogen-bond donors (Lipinski definition) is 0. The van der Waals surface area contributed by atoms with Gasteiger partial charge in [0.1, 0.15) is 11.6 Å². The van der Waals surface area contributed by atoms with Crippen LogP contribution in [0.4, 0.5) is 8.78 Å². The predicted octanol–water partition coefficient (Wildman–Crippen LogP) is 6.50. The number of aryl methyl sites for hydroxylation is 3. The van der Waals surface area contributed by atoms with Gasteiger partial charge in [-0.3, -0.25) is 4.98 Å². The molecule has 0 aliphatic carbocycles. The minimum Gasteiger partial charge on any atom is -0.262 e. The van der Waals surface area contributed by atoms with Crippen LogP contribution in [0.25, 0.3) is 44.8 Å². The first-order valence-corrected chi connectivity index (χ1v) is 10.9. The highest BCUT2D eigenvalue weighted by Gasteiger charge is 2.18. The second-order valence-electron chi connectivity index (χ2n) is 8.38. The highest BCUT2D eigenvalue weighted by atomic mass is 19.1. The van der Waals surface area contributed by atoms with Gasteiger partial charge in [0.2, 0.25) is 0 Å². The summed E-state index contributed by atoms with van der Waals surface area (Å²) in [5.74, 6) is -0.811. The molecule has 0 unspecified atom stereocenters. The zero-order valence-corrected chi connectivity index (χ0v) is 19.3. The van der Waals surface area contributed by atoms with Crippen molar-refractivity contribution in [2.75, 3.05) is 0 Å². The molecule has 0 atom stereocenters. The van der Waals surface area contributed by atoms with Crippen LogP contribution in [0, 0.1) is 43.7 Å². The van der Waals surface area contributed by atoms with E-state index in [1.165, 1.54) is 30.3 Å². The lowest BCUT2D eigenvalue weighted by Crippen LogP contribution is -2.01. The third-order valence-electron chi connectivity index (χ3n) is 5.87. The van der Waals surface area contributed by atoms with Gasteiger partial charge in [0.25, 0.3) is 0 Å². The fraction of sp³-hybridized carbons (Fsp3) is 0.107. The monoisotopic (exact) mass is 463 g/mol. The molecular formula is C28H19F2N5. The Labute approximate surface area is 200 Å². The molecule has 5 aromatic rings. The first-order valence-electron chi connectivity index (χ1n) is 10.9. The maximum Gasteiger partial charge on any atom is 0.164 e. The Hall–Kier alpha value is -4.57. The molecule has 7 heteroatoms. The van der Waals surface area contributed by atoms with Crippen LogP contribution in [-0.2, 0) is 0 Å². The second kappa shape index (κ2) is 8.65. The molecule has 3 heterocycles. The summed E-state index contributed by atoms with van der Waals surface area (Å²) in [6, 6.07) is 16.3. The van der Waals surface area contributed by atoms with E-state index in [-0.39, 0.29) is 17.0 Å². The third-order valence-corrected chi connectivity index (χ3v) is 5.87. The number of pyridine rings is 2. The van der Waals surface area contributed by atoms with Gasteiger partial charge in [-0.25, -0.2) is 23.7 Å². The highest BCUT2D eigenvalue weighted by Crippen LogP contribution is 2.33. The summed E-state index contributed by atoms with van der Waals surface area (Å²) in [6.45, 7) is 5.64. The number of benzene rings is 2. The summed E-state index contributed by atoms with van der Waals surface area (Å²) in [6.07, 6.45) is 1.67. The largest absolute Gasteiger partial charge is 0.262 e. The van der Waals surface area contributed by atoms with Crippen LogP contribution in [0.1, 0.15) is 22.5 Å². The smallest absolute Gasteiger partial charge is 0.164 e. The van der Waals surface area contributed by atoms with E-state index in [1.807, 2.05) is 39.0 Å². The summed E-state index contributed by atoms with van der Waals surface area (Å²) in [7, 11) is 0. The van der Waals surface area contributed by atoms with Gasteiger partial charge in [0, 0.05) is 34.1 Å². The fourth-order valence-electron chi connectivity index (χ4n) is 3.97. The van der Waals surface area contributed by atoms with E-state index in [0.717, 1.165) is 22.5 Å². The minimum absolute atomic E-state index is 0.206. The quantitative estimate of drug-likeness (QED) is 0.305. The molecule has 0 fully saturated rings. The number of nitrogens with zero attached hydrogens (tertiary/aromatic N) is 5. The molecule has 0 saturated carbocycles. The van der Waals surface area contributed by atoms with E-state index >= 15 is 4.39 Å². The normalized spacial score (nSPS) is 11.0. The maximum atomic E-state index is 15.1. The number of nitriles is 1. The van der Waals surface area contributed by atoms with Crippen molar-refractivity contribution in [1.29, 1.82) is 5.26 Å². The van der Waals surface area contributed by atoms with Crippen LogP contribution in [0.5, 0.6) is 0 Å². The van der Waals surface area contributed by atoms with Crippen LogP contribution in [0.3, 0.4) is 0 Å². The van der Waals surface area contributed by atoms with Crippen molar-refractivity contribution in [2.45, 2.75) is 20.8 Å². The molecule has 0 aliphatic rings. The van der Waals surface area contributed by atoms with Gasteiger partial charge < -0.3 is 0 Å². The van der Waals surface area contributed by atoms with Gasteiger partial charge in [0.05, 0.1) is 17.3 Å². The van der Waals surface area contributed by atoms with Gasteiger partial charge in [-0.15, -0.1) is 0 Å². The van der Waals surface area contributed by atoms with Crippen LogP contribution in [0.2, 0.25) is 0 Å². The van der Waals surface area contributed by atoms with Crippen LogP contribution in [0.15, 0.2) is 60.8 Å². The van der Waals surface area contributed by atoms with Crippen molar-refractivity contribution in [3.63, 3.8) is 0 Å². The number of rotatable bonds is 3. The molecule has 0 radical (unpaired) electrons. The molecule has 0 amide bonds. The van der Waals surface area contributed by atoms with E-state index < -0.39 is 11.6 Å². The minimum atomic E-state index is -0.583. The number of halogens is 2. The van der Waals surface area contributed by atoms with Gasteiger partial charge in [-0.1, -0.05) is 0 Å². The Morgan fingerprint density at radius 2 is 1.60 bits per heavy atom. The Morgan fingerprint density at radius 1 is 0.800 bits per heavy atom. The van der Waals surface area contributed by atoms with E-state index in [0.29, 0.717) is 27.9 Å². The highest BCUT2D eigenvalue weighted by molar-refractivity contribution is 5.92. The maximum absolute atomic E-state index is 15.1. The van der Waals surface area contributed by atoms with Crippen LogP contribution < -0.4 is 0 Å². The molecule has 0 saturated heterocycles. The van der Waals surface area contributed by atoms with Gasteiger partial charge >= 0.3 is 0 Å². The molecule has 0 spiro atoms. The van der Waals surface area contributed by atoms with Crippen molar-refractivity contribution >= 4 is 11.0 Å². The second-order valence-corrected chi connectivity index (χ2v) is 8.38. The zero-order chi connectivity index (χ0) is 24.7. The lowest BCUT2D eigenvalue weighted by molar-refractivity contribution is 0.628. The van der Waals surface area contributed by atoms with Crippen LogP contribution in [-0.4, -0.2) is 19.9 Å². The molecule has 170 valence electrons. The van der Waals surface area contributed by atoms with E-state index in [2.05, 4.69) is 19.9 Å². The Kier molecular flexibility index (Phi) is 5.50. The Morgan fingerprint density at radius 3 is 2.34 bits per heavy atom. The molecule has 3 aromatic heterocycles. The van der Waals surface area contributed by atoms with E-state index in [9.17, 15) is 4.39 Å². The number of aromatic nitrogens is 4. The van der Waals surface area contributed by atoms with Gasteiger partial charge in [-0.2, -0.15) is 5.26 Å². The Bertz CT molecular complexity index is 1670. The summed E-state index contributed by atoms with van der Waals surface area (Å²) >= 11 is 0. The summed E-state index contributed by atoms with van der Waals surface area (Å²) < 4.78 is 29.8. The zero-order valence-electron chi connectivity index (χ0n) is 19.3. The SMILES string of the molecule is Cc1cc(-c2cc(F)cc(-c3nc(-c4ccc(C#N)cc4F)c4cc(C)c(C)nc4n3)c2)ccn1. The molecule has 0 aliphatic heterocycles. The average Bonchev–Trinajstić information content (AvgIpc) is 2.84. The molecular weight excluding hydrogens is 444 g/mol. The Balaban J connectivity index is 1.77.